The van der Waals surface area contributed by atoms with Gasteiger partial charge in [0.15, 0.2) is 0 Å². The molecule has 1 atom stereocenters. The SMILES string of the molecule is CC(O)CCNc1nc(NN)nc2sccc12. The molecule has 17 heavy (non-hydrogen) atoms. The van der Waals surface area contributed by atoms with Gasteiger partial charge in [0.25, 0.3) is 0 Å². The lowest BCUT2D eigenvalue weighted by atomic mass is 10.3. The first kappa shape index (κ1) is 12.0. The first-order valence-corrected chi connectivity index (χ1v) is 6.22. The predicted molar refractivity (Wildman–Crippen MR) is 70.0 cm³/mol. The summed E-state index contributed by atoms with van der Waals surface area (Å²) in [6.45, 7) is 2.42. The minimum Gasteiger partial charge on any atom is -0.393 e. The Hall–Kier alpha value is -1.44. The number of hydrogen-bond donors (Lipinski definition) is 4. The number of aliphatic hydroxyl groups excluding tert-OH is 1. The van der Waals surface area contributed by atoms with Crippen LogP contribution in [0.5, 0.6) is 0 Å². The molecule has 0 aromatic carbocycles. The zero-order valence-electron chi connectivity index (χ0n) is 9.47. The number of aliphatic hydroxyl groups is 1. The zero-order chi connectivity index (χ0) is 12.3. The Morgan fingerprint density at radius 3 is 3.06 bits per heavy atom. The van der Waals surface area contributed by atoms with Gasteiger partial charge in [-0.25, -0.2) is 10.8 Å². The Balaban J connectivity index is 2.21. The van der Waals surface area contributed by atoms with Gasteiger partial charge in [0.05, 0.1) is 11.5 Å². The molecular weight excluding hydrogens is 238 g/mol. The van der Waals surface area contributed by atoms with E-state index in [1.807, 2.05) is 11.4 Å². The number of nitrogens with two attached hydrogens (primary N) is 1. The first-order chi connectivity index (χ1) is 8.20. The normalized spacial score (nSPS) is 12.6. The van der Waals surface area contributed by atoms with Crippen LogP contribution >= 0.6 is 11.3 Å². The molecule has 0 fully saturated rings. The molecule has 5 N–H and O–H groups in total. The second-order valence-electron chi connectivity index (χ2n) is 3.74. The lowest BCUT2D eigenvalue weighted by Gasteiger charge is -2.09. The van der Waals surface area contributed by atoms with Crippen molar-refractivity contribution in [2.24, 2.45) is 5.84 Å². The Labute approximate surface area is 103 Å². The minimum absolute atomic E-state index is 0.325. The second kappa shape index (κ2) is 5.26. The number of aromatic nitrogens is 2. The molecule has 0 saturated carbocycles. The molecule has 1 unspecified atom stereocenters. The van der Waals surface area contributed by atoms with Crippen LogP contribution in [-0.2, 0) is 0 Å². The molecule has 0 amide bonds. The quantitative estimate of drug-likeness (QED) is 0.472. The number of thiophene rings is 1. The molecule has 0 bridgehead atoms. The Morgan fingerprint density at radius 2 is 2.35 bits per heavy atom. The van der Waals surface area contributed by atoms with Gasteiger partial charge < -0.3 is 10.4 Å². The maximum atomic E-state index is 9.20. The van der Waals surface area contributed by atoms with E-state index < -0.39 is 0 Å². The van der Waals surface area contributed by atoms with Crippen LogP contribution in [0.1, 0.15) is 13.3 Å². The maximum Gasteiger partial charge on any atom is 0.240 e. The second-order valence-corrected chi connectivity index (χ2v) is 4.64. The van der Waals surface area contributed by atoms with Crippen molar-refractivity contribution < 1.29 is 5.11 Å². The van der Waals surface area contributed by atoms with Crippen molar-refractivity contribution in [2.75, 3.05) is 17.3 Å². The third-order valence-electron chi connectivity index (χ3n) is 2.31. The van der Waals surface area contributed by atoms with Gasteiger partial charge in [-0.2, -0.15) is 4.98 Å². The number of nitrogen functional groups attached to an aromatic ring is 1. The van der Waals surface area contributed by atoms with E-state index in [4.69, 9.17) is 5.84 Å². The average Bonchev–Trinajstić information content (AvgIpc) is 2.76. The number of hydrazine groups is 1. The van der Waals surface area contributed by atoms with Gasteiger partial charge in [0.1, 0.15) is 10.6 Å². The molecule has 0 aliphatic heterocycles. The van der Waals surface area contributed by atoms with E-state index in [1.165, 1.54) is 11.3 Å². The van der Waals surface area contributed by atoms with E-state index in [0.717, 1.165) is 16.0 Å². The fourth-order valence-corrected chi connectivity index (χ4v) is 2.22. The largest absolute Gasteiger partial charge is 0.393 e. The molecule has 2 aromatic heterocycles. The molecule has 92 valence electrons. The van der Waals surface area contributed by atoms with Gasteiger partial charge in [-0.1, -0.05) is 0 Å². The van der Waals surface area contributed by atoms with Crippen molar-refractivity contribution in [3.05, 3.63) is 11.4 Å². The molecule has 2 rings (SSSR count). The van der Waals surface area contributed by atoms with E-state index in [-0.39, 0.29) is 6.10 Å². The standard InChI is InChI=1S/C10H15N5OS/c1-6(16)2-4-12-8-7-3-5-17-9(7)14-10(13-8)15-11/h3,5-6,16H,2,4,11H2,1H3,(H2,12,13,14,15). The lowest BCUT2D eigenvalue weighted by Crippen LogP contribution is -2.14. The summed E-state index contributed by atoms with van der Waals surface area (Å²) in [5.41, 5.74) is 2.44. The van der Waals surface area contributed by atoms with E-state index >= 15 is 0 Å². The highest BCUT2D eigenvalue weighted by Gasteiger charge is 2.08. The first-order valence-electron chi connectivity index (χ1n) is 5.34. The molecule has 0 radical (unpaired) electrons. The van der Waals surface area contributed by atoms with Crippen molar-refractivity contribution in [3.63, 3.8) is 0 Å². The van der Waals surface area contributed by atoms with Crippen molar-refractivity contribution in [1.29, 1.82) is 0 Å². The highest BCUT2D eigenvalue weighted by Crippen LogP contribution is 2.26. The fourth-order valence-electron chi connectivity index (χ4n) is 1.45. The van der Waals surface area contributed by atoms with Crippen molar-refractivity contribution in [1.82, 2.24) is 9.97 Å². The number of fused-ring (bicyclic) bond motifs is 1. The highest BCUT2D eigenvalue weighted by atomic mass is 32.1. The van der Waals surface area contributed by atoms with E-state index in [2.05, 4.69) is 20.7 Å². The molecule has 0 spiro atoms. The maximum absolute atomic E-state index is 9.20. The van der Waals surface area contributed by atoms with Crippen molar-refractivity contribution >= 4 is 33.3 Å². The monoisotopic (exact) mass is 253 g/mol. The average molecular weight is 253 g/mol. The summed E-state index contributed by atoms with van der Waals surface area (Å²) in [6, 6.07) is 1.96. The van der Waals surface area contributed by atoms with Crippen LogP contribution in [0, 0.1) is 0 Å². The van der Waals surface area contributed by atoms with Gasteiger partial charge in [0, 0.05) is 6.54 Å². The predicted octanol–water partition coefficient (Wildman–Crippen LogP) is 1.16. The molecule has 2 heterocycles. The van der Waals surface area contributed by atoms with Gasteiger partial charge >= 0.3 is 0 Å². The molecule has 2 aromatic rings. The summed E-state index contributed by atoms with van der Waals surface area (Å²) in [4.78, 5) is 9.38. The van der Waals surface area contributed by atoms with Crippen molar-refractivity contribution in [2.45, 2.75) is 19.4 Å². The zero-order valence-corrected chi connectivity index (χ0v) is 10.3. The third kappa shape index (κ3) is 2.82. The topological polar surface area (TPSA) is 96.1 Å². The smallest absolute Gasteiger partial charge is 0.240 e. The number of nitrogens with zero attached hydrogens (tertiary/aromatic N) is 2. The van der Waals surface area contributed by atoms with Crippen LogP contribution in [0.2, 0.25) is 0 Å². The molecule has 0 saturated heterocycles. The highest BCUT2D eigenvalue weighted by molar-refractivity contribution is 7.16. The Morgan fingerprint density at radius 1 is 1.53 bits per heavy atom. The molecule has 6 nitrogen and oxygen atoms in total. The molecular formula is C10H15N5OS. The Bertz CT molecular complexity index is 498. The van der Waals surface area contributed by atoms with Crippen molar-refractivity contribution in [3.8, 4) is 0 Å². The van der Waals surface area contributed by atoms with Crippen LogP contribution < -0.4 is 16.6 Å². The van der Waals surface area contributed by atoms with Crippen LogP contribution in [0.15, 0.2) is 11.4 Å². The van der Waals surface area contributed by atoms with E-state index in [1.54, 1.807) is 6.92 Å². The number of rotatable bonds is 5. The minimum atomic E-state index is -0.325. The Kier molecular flexibility index (Phi) is 3.72. The molecule has 0 aliphatic carbocycles. The van der Waals surface area contributed by atoms with E-state index in [9.17, 15) is 5.11 Å². The fraction of sp³-hybridized carbons (Fsp3) is 0.400. The summed E-state index contributed by atoms with van der Waals surface area (Å²) in [5.74, 6) is 6.45. The summed E-state index contributed by atoms with van der Waals surface area (Å²) < 4.78 is 0. The molecule has 7 heteroatoms. The van der Waals surface area contributed by atoms with Gasteiger partial charge in [-0.3, -0.25) is 5.43 Å². The van der Waals surface area contributed by atoms with Crippen LogP contribution in [-0.4, -0.2) is 27.7 Å². The van der Waals surface area contributed by atoms with Crippen LogP contribution in [0.4, 0.5) is 11.8 Å². The van der Waals surface area contributed by atoms with Gasteiger partial charge in [-0.15, -0.1) is 11.3 Å². The summed E-state index contributed by atoms with van der Waals surface area (Å²) in [5, 5.41) is 15.3. The summed E-state index contributed by atoms with van der Waals surface area (Å²) in [7, 11) is 0. The van der Waals surface area contributed by atoms with E-state index in [0.29, 0.717) is 18.9 Å². The number of hydrogen-bond acceptors (Lipinski definition) is 7. The number of anilines is 2. The van der Waals surface area contributed by atoms with Gasteiger partial charge in [0.2, 0.25) is 5.95 Å². The van der Waals surface area contributed by atoms with Crippen LogP contribution in [0.25, 0.3) is 10.2 Å². The van der Waals surface area contributed by atoms with Crippen LogP contribution in [0.3, 0.4) is 0 Å². The van der Waals surface area contributed by atoms with Gasteiger partial charge in [-0.05, 0) is 24.8 Å². The summed E-state index contributed by atoms with van der Waals surface area (Å²) >= 11 is 1.53. The molecule has 0 aliphatic rings. The summed E-state index contributed by atoms with van der Waals surface area (Å²) in [6.07, 6.45) is 0.343. The number of nitrogens with one attached hydrogen (secondary N) is 2. The lowest BCUT2D eigenvalue weighted by molar-refractivity contribution is 0.188. The third-order valence-corrected chi connectivity index (χ3v) is 3.12.